The summed E-state index contributed by atoms with van der Waals surface area (Å²) < 4.78 is 0. The predicted molar refractivity (Wildman–Crippen MR) is 131 cm³/mol. The van der Waals surface area contributed by atoms with Crippen molar-refractivity contribution < 1.29 is 4.79 Å². The lowest BCUT2D eigenvalue weighted by Crippen LogP contribution is -2.08. The van der Waals surface area contributed by atoms with E-state index in [1.807, 2.05) is 49.4 Å². The first kappa shape index (κ1) is 21.5. The fraction of sp³-hybridized carbons (Fsp3) is 0.222. The van der Waals surface area contributed by atoms with Crippen LogP contribution in [0.1, 0.15) is 48.9 Å². The lowest BCUT2D eigenvalue weighted by atomic mass is 10.0. The first-order valence-electron chi connectivity index (χ1n) is 11.0. The Hall–Kier alpha value is -3.73. The molecule has 0 saturated carbocycles. The van der Waals surface area contributed by atoms with Crippen LogP contribution < -0.4 is 5.32 Å². The van der Waals surface area contributed by atoms with Crippen molar-refractivity contribution in [2.75, 3.05) is 5.32 Å². The Morgan fingerprint density at radius 2 is 1.66 bits per heavy atom. The number of aryl methyl sites for hydroxylation is 2. The van der Waals surface area contributed by atoms with Gasteiger partial charge in [-0.05, 0) is 71.9 Å². The third kappa shape index (κ3) is 4.78. The summed E-state index contributed by atoms with van der Waals surface area (Å²) in [7, 11) is 0. The third-order valence-electron chi connectivity index (χ3n) is 5.59. The van der Waals surface area contributed by atoms with Gasteiger partial charge in [0, 0.05) is 11.8 Å². The minimum absolute atomic E-state index is 0.178. The molecule has 0 aliphatic carbocycles. The molecule has 0 atom stereocenters. The summed E-state index contributed by atoms with van der Waals surface area (Å²) in [5.74, 6) is 0.311. The highest BCUT2D eigenvalue weighted by molar-refractivity contribution is 6.03. The van der Waals surface area contributed by atoms with Gasteiger partial charge in [0.25, 0.3) is 0 Å². The van der Waals surface area contributed by atoms with Crippen LogP contribution in [0.2, 0.25) is 0 Å². The van der Waals surface area contributed by atoms with Gasteiger partial charge < -0.3 is 5.32 Å². The largest absolute Gasteiger partial charge is 0.322 e. The normalized spacial score (nSPS) is 11.5. The molecule has 1 N–H and O–H groups in total. The zero-order valence-corrected chi connectivity index (χ0v) is 19.0. The van der Waals surface area contributed by atoms with Crippen molar-refractivity contribution in [1.29, 1.82) is 0 Å². The van der Waals surface area contributed by atoms with E-state index in [1.54, 1.807) is 10.9 Å². The van der Waals surface area contributed by atoms with Gasteiger partial charge in [0.15, 0.2) is 0 Å². The number of carbonyl (C=O) groups excluding carboxylic acids is 1. The Bertz CT molecular complexity index is 1270. The fourth-order valence-electron chi connectivity index (χ4n) is 3.52. The highest BCUT2D eigenvalue weighted by Crippen LogP contribution is 2.22. The average Bonchev–Trinajstić information content (AvgIpc) is 3.21. The van der Waals surface area contributed by atoms with E-state index in [0.29, 0.717) is 5.92 Å². The minimum Gasteiger partial charge on any atom is -0.322 e. The topological polar surface area (TPSA) is 59.8 Å². The zero-order valence-electron chi connectivity index (χ0n) is 19.0. The lowest BCUT2D eigenvalue weighted by molar-refractivity contribution is -0.111. The molecule has 5 nitrogen and oxygen atoms in total. The molecule has 0 spiro atoms. The molecule has 1 aromatic heterocycles. The Labute approximate surface area is 188 Å². The average molecular weight is 425 g/mol. The predicted octanol–water partition coefficient (Wildman–Crippen LogP) is 6.07. The van der Waals surface area contributed by atoms with E-state index in [-0.39, 0.29) is 5.91 Å². The molecule has 1 amide bonds. The summed E-state index contributed by atoms with van der Waals surface area (Å²) >= 11 is 0. The van der Waals surface area contributed by atoms with E-state index >= 15 is 0 Å². The smallest absolute Gasteiger partial charge is 0.248 e. The monoisotopic (exact) mass is 424 g/mol. The third-order valence-corrected chi connectivity index (χ3v) is 5.59. The van der Waals surface area contributed by atoms with Gasteiger partial charge in [0.2, 0.25) is 5.91 Å². The van der Waals surface area contributed by atoms with E-state index in [4.69, 9.17) is 0 Å². The molecule has 0 aliphatic heterocycles. The quantitative estimate of drug-likeness (QED) is 0.382. The van der Waals surface area contributed by atoms with Crippen molar-refractivity contribution in [3.8, 4) is 5.69 Å². The molecule has 0 saturated heterocycles. The molecule has 0 fully saturated rings. The number of amides is 1. The van der Waals surface area contributed by atoms with Crippen LogP contribution >= 0.6 is 0 Å². The first-order chi connectivity index (χ1) is 15.4. The molecule has 1 heterocycles. The van der Waals surface area contributed by atoms with Crippen molar-refractivity contribution in [3.05, 3.63) is 89.0 Å². The van der Waals surface area contributed by atoms with Crippen LogP contribution in [-0.2, 0) is 11.2 Å². The number of nitrogens with one attached hydrogen (secondary N) is 1. The van der Waals surface area contributed by atoms with E-state index in [0.717, 1.165) is 40.0 Å². The highest BCUT2D eigenvalue weighted by Gasteiger charge is 2.10. The van der Waals surface area contributed by atoms with Crippen molar-refractivity contribution in [2.45, 2.75) is 40.0 Å². The van der Waals surface area contributed by atoms with Crippen LogP contribution in [0.3, 0.4) is 0 Å². The lowest BCUT2D eigenvalue weighted by Gasteiger charge is -2.06. The van der Waals surface area contributed by atoms with Crippen molar-refractivity contribution in [1.82, 2.24) is 15.0 Å². The summed E-state index contributed by atoms with van der Waals surface area (Å²) in [6, 6.07) is 20.3. The van der Waals surface area contributed by atoms with E-state index in [1.165, 1.54) is 11.1 Å². The molecule has 0 bridgehead atoms. The molecular formula is C27H28N4O. The molecule has 0 aliphatic rings. The molecular weight excluding hydrogens is 396 g/mol. The molecule has 4 aromatic rings. The van der Waals surface area contributed by atoms with Crippen molar-refractivity contribution in [2.24, 2.45) is 0 Å². The van der Waals surface area contributed by atoms with Crippen LogP contribution in [0.4, 0.5) is 5.69 Å². The van der Waals surface area contributed by atoms with E-state index < -0.39 is 0 Å². The van der Waals surface area contributed by atoms with Crippen LogP contribution in [0, 0.1) is 6.92 Å². The van der Waals surface area contributed by atoms with E-state index in [2.05, 4.69) is 60.6 Å². The highest BCUT2D eigenvalue weighted by atomic mass is 16.1. The van der Waals surface area contributed by atoms with Crippen LogP contribution in [0.15, 0.2) is 66.7 Å². The fourth-order valence-corrected chi connectivity index (χ4v) is 3.52. The molecule has 32 heavy (non-hydrogen) atoms. The summed E-state index contributed by atoms with van der Waals surface area (Å²) in [4.78, 5) is 14.1. The zero-order chi connectivity index (χ0) is 22.7. The summed E-state index contributed by atoms with van der Waals surface area (Å²) in [6.45, 7) is 8.42. The molecule has 5 heteroatoms. The number of hydrogen-bond donors (Lipinski definition) is 1. The van der Waals surface area contributed by atoms with Gasteiger partial charge in [0.1, 0.15) is 11.0 Å². The number of nitrogens with zero attached hydrogens (tertiary/aromatic N) is 3. The van der Waals surface area contributed by atoms with Gasteiger partial charge in [-0.15, -0.1) is 10.2 Å². The summed E-state index contributed by atoms with van der Waals surface area (Å²) in [6.07, 6.45) is 4.37. The SMILES string of the molecule is CCc1ccc(-n2nc3cc(C)c(NC(=O)C=Cc4ccc(C(C)C)cc4)cc3n2)cc1. The number of benzene rings is 3. The molecule has 0 radical (unpaired) electrons. The number of aromatic nitrogens is 3. The molecule has 162 valence electrons. The number of fused-ring (bicyclic) bond motifs is 1. The Balaban J connectivity index is 1.50. The van der Waals surface area contributed by atoms with Gasteiger partial charge in [-0.25, -0.2) is 0 Å². The first-order valence-corrected chi connectivity index (χ1v) is 11.0. The van der Waals surface area contributed by atoms with Crippen LogP contribution in [-0.4, -0.2) is 20.9 Å². The van der Waals surface area contributed by atoms with Gasteiger partial charge >= 0.3 is 0 Å². The second-order valence-corrected chi connectivity index (χ2v) is 8.31. The summed E-state index contributed by atoms with van der Waals surface area (Å²) in [5.41, 5.74) is 7.66. The van der Waals surface area contributed by atoms with Crippen LogP contribution in [0.5, 0.6) is 0 Å². The number of carbonyl (C=O) groups is 1. The number of rotatable bonds is 6. The Morgan fingerprint density at radius 3 is 2.28 bits per heavy atom. The second kappa shape index (κ2) is 9.18. The maximum atomic E-state index is 12.5. The number of anilines is 1. The van der Waals surface area contributed by atoms with Crippen molar-refractivity contribution in [3.63, 3.8) is 0 Å². The van der Waals surface area contributed by atoms with Crippen LogP contribution in [0.25, 0.3) is 22.8 Å². The minimum atomic E-state index is -0.178. The standard InChI is InChI=1S/C27H28N4O/c1-5-20-8-13-23(14-9-20)31-29-25-16-19(4)24(17-26(25)30-31)28-27(32)15-10-21-6-11-22(12-7-21)18(2)3/h6-18H,5H2,1-4H3,(H,28,32). The number of hydrogen-bond acceptors (Lipinski definition) is 3. The van der Waals surface area contributed by atoms with Gasteiger partial charge in [-0.2, -0.15) is 4.80 Å². The van der Waals surface area contributed by atoms with Gasteiger partial charge in [-0.3, -0.25) is 4.79 Å². The Kier molecular flexibility index (Phi) is 6.17. The van der Waals surface area contributed by atoms with Gasteiger partial charge in [0.05, 0.1) is 5.69 Å². The Morgan fingerprint density at radius 1 is 1.00 bits per heavy atom. The maximum absolute atomic E-state index is 12.5. The van der Waals surface area contributed by atoms with E-state index in [9.17, 15) is 4.79 Å². The molecule has 3 aromatic carbocycles. The van der Waals surface area contributed by atoms with Gasteiger partial charge in [-0.1, -0.05) is 57.2 Å². The molecule has 4 rings (SSSR count). The second-order valence-electron chi connectivity index (χ2n) is 8.31. The molecule has 0 unspecified atom stereocenters. The maximum Gasteiger partial charge on any atom is 0.248 e. The van der Waals surface area contributed by atoms with Crippen molar-refractivity contribution >= 4 is 28.7 Å². The summed E-state index contributed by atoms with van der Waals surface area (Å²) in [5, 5.41) is 12.2.